The second kappa shape index (κ2) is 7.87. The molecule has 0 N–H and O–H groups in total. The van der Waals surface area contributed by atoms with E-state index in [1.807, 2.05) is 6.20 Å². The third-order valence-corrected chi connectivity index (χ3v) is 7.54. The van der Waals surface area contributed by atoms with Crippen molar-refractivity contribution in [1.29, 1.82) is 0 Å². The van der Waals surface area contributed by atoms with Crippen LogP contribution in [0, 0.1) is 0 Å². The van der Waals surface area contributed by atoms with Crippen molar-refractivity contribution in [2.24, 2.45) is 0 Å². The van der Waals surface area contributed by atoms with Gasteiger partial charge in [0.2, 0.25) is 0 Å². The highest BCUT2D eigenvalue weighted by Gasteiger charge is 2.16. The normalized spacial score (nSPS) is 13.1. The lowest BCUT2D eigenvalue weighted by Crippen LogP contribution is -1.92. The van der Waals surface area contributed by atoms with Crippen LogP contribution in [0.5, 0.6) is 0 Å². The van der Waals surface area contributed by atoms with Gasteiger partial charge in [-0.3, -0.25) is 4.98 Å². The molecule has 7 aromatic rings. The van der Waals surface area contributed by atoms with Crippen LogP contribution < -0.4 is 0 Å². The molecule has 174 valence electrons. The number of benzene rings is 5. The predicted octanol–water partition coefficient (Wildman–Crippen LogP) is 8.98. The van der Waals surface area contributed by atoms with Crippen LogP contribution in [-0.2, 0) is 6.42 Å². The first-order valence-electron chi connectivity index (χ1n) is 12.7. The molecular weight excluding hydrogens is 452 g/mol. The Balaban J connectivity index is 1.29. The first kappa shape index (κ1) is 20.4. The molecule has 0 aliphatic heterocycles. The minimum absolute atomic E-state index is 0.875. The Kier molecular flexibility index (Phi) is 4.35. The molecular formula is C34H22N2O. The number of hydrogen-bond acceptors (Lipinski definition) is 3. The average molecular weight is 475 g/mol. The van der Waals surface area contributed by atoms with Crippen LogP contribution in [0.4, 0.5) is 0 Å². The van der Waals surface area contributed by atoms with Gasteiger partial charge in [-0.2, -0.15) is 0 Å². The van der Waals surface area contributed by atoms with Gasteiger partial charge in [0.15, 0.2) is 0 Å². The Morgan fingerprint density at radius 2 is 1.35 bits per heavy atom. The first-order valence-corrected chi connectivity index (χ1v) is 12.7. The monoisotopic (exact) mass is 474 g/mol. The standard InChI is InChI=1S/C34H22N2O/c1-3-13-27-24(10-1)25-11-2-4-14-28(25)34-33(27)35-20-30(36-34)23-9-7-8-21(18-23)22-16-17-32-29(19-22)26-12-5-6-15-31(26)37-32/h1-5,7-14,16-20H,6,15H2. The number of hydrogen-bond donors (Lipinski definition) is 0. The average Bonchev–Trinajstić information content (AvgIpc) is 3.35. The van der Waals surface area contributed by atoms with Crippen LogP contribution in [0.1, 0.15) is 17.7 Å². The highest BCUT2D eigenvalue weighted by Crippen LogP contribution is 2.36. The van der Waals surface area contributed by atoms with Gasteiger partial charge in [-0.05, 0) is 46.5 Å². The second-order valence-corrected chi connectivity index (χ2v) is 9.72. The minimum atomic E-state index is 0.875. The van der Waals surface area contributed by atoms with Gasteiger partial charge in [-0.15, -0.1) is 0 Å². The molecule has 37 heavy (non-hydrogen) atoms. The molecule has 0 spiro atoms. The van der Waals surface area contributed by atoms with E-state index < -0.39 is 0 Å². The van der Waals surface area contributed by atoms with E-state index in [0.717, 1.165) is 62.8 Å². The second-order valence-electron chi connectivity index (χ2n) is 9.72. The fourth-order valence-corrected chi connectivity index (χ4v) is 5.75. The SMILES string of the molecule is C1=Cc2c(oc3ccc(-c4cccc(-c5cnc6c7ccccc7c7ccccc7c6n5)c4)cc23)CC1. The molecule has 1 aliphatic carbocycles. The van der Waals surface area contributed by atoms with E-state index in [1.165, 1.54) is 27.3 Å². The van der Waals surface area contributed by atoms with Crippen LogP contribution >= 0.6 is 0 Å². The third kappa shape index (κ3) is 3.14. The zero-order valence-corrected chi connectivity index (χ0v) is 20.1. The van der Waals surface area contributed by atoms with Gasteiger partial charge in [0.1, 0.15) is 11.3 Å². The predicted molar refractivity (Wildman–Crippen MR) is 153 cm³/mol. The van der Waals surface area contributed by atoms with Gasteiger partial charge in [0.05, 0.1) is 22.9 Å². The summed E-state index contributed by atoms with van der Waals surface area (Å²) in [6.07, 6.45) is 8.35. The molecule has 0 fully saturated rings. The van der Waals surface area contributed by atoms with Gasteiger partial charge in [0, 0.05) is 33.7 Å². The molecule has 3 nitrogen and oxygen atoms in total. The largest absolute Gasteiger partial charge is 0.460 e. The summed E-state index contributed by atoms with van der Waals surface area (Å²) in [4.78, 5) is 10.1. The topological polar surface area (TPSA) is 38.9 Å². The van der Waals surface area contributed by atoms with Gasteiger partial charge in [-0.1, -0.05) is 84.9 Å². The summed E-state index contributed by atoms with van der Waals surface area (Å²) in [6.45, 7) is 0. The van der Waals surface area contributed by atoms with Gasteiger partial charge < -0.3 is 4.42 Å². The number of nitrogens with zero attached hydrogens (tertiary/aromatic N) is 2. The Morgan fingerprint density at radius 3 is 2.19 bits per heavy atom. The van der Waals surface area contributed by atoms with Crippen LogP contribution in [0.25, 0.3) is 72.0 Å². The Morgan fingerprint density at radius 1 is 0.622 bits per heavy atom. The Labute approximate surface area is 213 Å². The number of aryl methyl sites for hydroxylation is 1. The zero-order valence-electron chi connectivity index (χ0n) is 20.1. The maximum atomic E-state index is 6.11. The lowest BCUT2D eigenvalue weighted by molar-refractivity contribution is 0.546. The van der Waals surface area contributed by atoms with Crippen LogP contribution in [-0.4, -0.2) is 9.97 Å². The molecule has 1 aliphatic rings. The van der Waals surface area contributed by atoms with Gasteiger partial charge in [-0.25, -0.2) is 4.98 Å². The highest BCUT2D eigenvalue weighted by atomic mass is 16.3. The summed E-state index contributed by atoms with van der Waals surface area (Å²) < 4.78 is 6.11. The summed E-state index contributed by atoms with van der Waals surface area (Å²) in [7, 11) is 0. The Hall–Kier alpha value is -4.76. The Bertz CT molecular complexity index is 2010. The maximum Gasteiger partial charge on any atom is 0.134 e. The molecule has 2 heterocycles. The van der Waals surface area contributed by atoms with E-state index in [2.05, 4.69) is 103 Å². The van der Waals surface area contributed by atoms with E-state index in [-0.39, 0.29) is 0 Å². The quantitative estimate of drug-likeness (QED) is 0.235. The third-order valence-electron chi connectivity index (χ3n) is 7.54. The van der Waals surface area contributed by atoms with Crippen molar-refractivity contribution in [3.8, 4) is 22.4 Å². The molecule has 8 rings (SSSR count). The number of fused-ring (bicyclic) bond motifs is 9. The molecule has 3 heteroatoms. The molecule has 0 saturated carbocycles. The molecule has 0 bridgehead atoms. The first-order chi connectivity index (χ1) is 18.3. The fourth-order valence-electron chi connectivity index (χ4n) is 5.75. The maximum absolute atomic E-state index is 6.11. The summed E-state index contributed by atoms with van der Waals surface area (Å²) in [5, 5.41) is 5.86. The smallest absolute Gasteiger partial charge is 0.134 e. The molecule has 0 saturated heterocycles. The lowest BCUT2D eigenvalue weighted by Gasteiger charge is -2.11. The van der Waals surface area contributed by atoms with E-state index in [1.54, 1.807) is 0 Å². The van der Waals surface area contributed by atoms with Crippen molar-refractivity contribution in [3.05, 3.63) is 115 Å². The fraction of sp³-hybridized carbons (Fsp3) is 0.0588. The summed E-state index contributed by atoms with van der Waals surface area (Å²) in [6, 6.07) is 32.0. The molecule has 0 unspecified atom stereocenters. The summed E-state index contributed by atoms with van der Waals surface area (Å²) >= 11 is 0. The minimum Gasteiger partial charge on any atom is -0.460 e. The number of aromatic nitrogens is 2. The van der Waals surface area contributed by atoms with E-state index in [4.69, 9.17) is 14.4 Å². The lowest BCUT2D eigenvalue weighted by atomic mass is 9.97. The van der Waals surface area contributed by atoms with E-state index in [9.17, 15) is 0 Å². The van der Waals surface area contributed by atoms with Crippen molar-refractivity contribution >= 4 is 49.6 Å². The number of rotatable bonds is 2. The van der Waals surface area contributed by atoms with Gasteiger partial charge >= 0.3 is 0 Å². The van der Waals surface area contributed by atoms with Crippen molar-refractivity contribution in [2.75, 3.05) is 0 Å². The molecule has 5 aromatic carbocycles. The van der Waals surface area contributed by atoms with Crippen molar-refractivity contribution in [1.82, 2.24) is 9.97 Å². The number of allylic oxidation sites excluding steroid dienone is 1. The molecule has 0 amide bonds. The van der Waals surface area contributed by atoms with Crippen molar-refractivity contribution < 1.29 is 4.42 Å². The van der Waals surface area contributed by atoms with E-state index in [0.29, 0.717) is 0 Å². The molecule has 2 aromatic heterocycles. The van der Waals surface area contributed by atoms with Crippen molar-refractivity contribution in [3.63, 3.8) is 0 Å². The van der Waals surface area contributed by atoms with Gasteiger partial charge in [0.25, 0.3) is 0 Å². The van der Waals surface area contributed by atoms with Crippen LogP contribution in [0.3, 0.4) is 0 Å². The van der Waals surface area contributed by atoms with Crippen LogP contribution in [0.15, 0.2) is 108 Å². The molecule has 0 radical (unpaired) electrons. The number of furan rings is 1. The van der Waals surface area contributed by atoms with Crippen molar-refractivity contribution in [2.45, 2.75) is 12.8 Å². The summed E-state index contributed by atoms with van der Waals surface area (Å²) in [5.41, 5.74) is 8.31. The van der Waals surface area contributed by atoms with E-state index >= 15 is 0 Å². The summed E-state index contributed by atoms with van der Waals surface area (Å²) in [5.74, 6) is 1.09. The zero-order chi connectivity index (χ0) is 24.3. The molecule has 0 atom stereocenters. The highest BCUT2D eigenvalue weighted by molar-refractivity contribution is 6.23. The van der Waals surface area contributed by atoms with Crippen LogP contribution in [0.2, 0.25) is 0 Å².